The number of rotatable bonds is 11. The second-order valence-electron chi connectivity index (χ2n) is 17.1. The highest BCUT2D eigenvalue weighted by atomic mass is 16.6. The van der Waals surface area contributed by atoms with Crippen LogP contribution in [0.15, 0.2) is 71.3 Å². The number of ether oxygens (including phenoxy) is 1. The smallest absolute Gasteiger partial charge is 0.417 e. The molecule has 66 heavy (non-hydrogen) atoms. The SMILES string of the molecule is CCNC(=O)c1noc(-c2cc(C(C)C)c(O)cc2O)c1-c1ccc(CN2CCN(C(=O)c3cc(C)c(OC(=O)Nc4cccc5c4CN(C4CCC(=O)NC4=O)C5=O)c(C)c3)CC2)cc1. The highest BCUT2D eigenvalue weighted by Crippen LogP contribution is 2.43. The molecule has 5 N–H and O–H groups in total. The third-order valence-corrected chi connectivity index (χ3v) is 12.3. The van der Waals surface area contributed by atoms with Gasteiger partial charge in [-0.3, -0.25) is 39.5 Å². The van der Waals surface area contributed by atoms with E-state index >= 15 is 0 Å². The Balaban J connectivity index is 0.888. The highest BCUT2D eigenvalue weighted by Gasteiger charge is 2.40. The number of nitrogens with zero attached hydrogens (tertiary/aromatic N) is 4. The summed E-state index contributed by atoms with van der Waals surface area (Å²) >= 11 is 0. The molecule has 4 heterocycles. The number of imide groups is 1. The van der Waals surface area contributed by atoms with Crippen molar-refractivity contribution in [2.75, 3.05) is 38.0 Å². The highest BCUT2D eigenvalue weighted by molar-refractivity contribution is 6.07. The number of hydrogen-bond acceptors (Lipinski definition) is 12. The first-order valence-electron chi connectivity index (χ1n) is 21.9. The maximum absolute atomic E-state index is 13.8. The topological polar surface area (TPSA) is 224 Å². The molecule has 0 spiro atoms. The van der Waals surface area contributed by atoms with E-state index < -0.39 is 23.9 Å². The summed E-state index contributed by atoms with van der Waals surface area (Å²) in [6, 6.07) is 18.1. The first-order valence-corrected chi connectivity index (χ1v) is 21.9. The van der Waals surface area contributed by atoms with E-state index in [0.29, 0.717) is 101 Å². The quantitative estimate of drug-likeness (QED) is 0.0930. The van der Waals surface area contributed by atoms with Crippen LogP contribution in [0.25, 0.3) is 22.5 Å². The Bertz CT molecular complexity index is 2750. The summed E-state index contributed by atoms with van der Waals surface area (Å²) in [5, 5.41) is 33.3. The van der Waals surface area contributed by atoms with E-state index in [1.807, 2.05) is 38.1 Å². The third-order valence-electron chi connectivity index (χ3n) is 12.3. The van der Waals surface area contributed by atoms with E-state index in [9.17, 15) is 39.0 Å². The van der Waals surface area contributed by atoms with Gasteiger partial charge in [0.15, 0.2) is 11.5 Å². The number of phenolic OH excluding ortho intramolecular Hbond substituents is 2. The summed E-state index contributed by atoms with van der Waals surface area (Å²) in [5.41, 5.74) is 5.97. The monoisotopic (exact) mass is 897 g/mol. The molecular formula is C49H51N7O10. The average Bonchev–Trinajstić information content (AvgIpc) is 3.87. The van der Waals surface area contributed by atoms with Gasteiger partial charge in [-0.15, -0.1) is 0 Å². The van der Waals surface area contributed by atoms with Crippen LogP contribution >= 0.6 is 0 Å². The van der Waals surface area contributed by atoms with Crippen molar-refractivity contribution in [3.05, 3.63) is 111 Å². The predicted octanol–water partition coefficient (Wildman–Crippen LogP) is 6.24. The Morgan fingerprint density at radius 3 is 2.30 bits per heavy atom. The third kappa shape index (κ3) is 8.93. The summed E-state index contributed by atoms with van der Waals surface area (Å²) < 4.78 is 11.5. The van der Waals surface area contributed by atoms with Crippen molar-refractivity contribution >= 4 is 41.3 Å². The van der Waals surface area contributed by atoms with Crippen molar-refractivity contribution in [1.82, 2.24) is 30.5 Å². The van der Waals surface area contributed by atoms with Crippen molar-refractivity contribution in [3.63, 3.8) is 0 Å². The Labute approximate surface area is 380 Å². The fourth-order valence-electron chi connectivity index (χ4n) is 8.87. The van der Waals surface area contributed by atoms with Gasteiger partial charge in [0.25, 0.3) is 17.7 Å². The van der Waals surface area contributed by atoms with Gasteiger partial charge in [0, 0.05) is 80.7 Å². The summed E-state index contributed by atoms with van der Waals surface area (Å²) in [7, 11) is 0. The molecule has 0 saturated carbocycles. The van der Waals surface area contributed by atoms with Crippen LogP contribution in [0.4, 0.5) is 10.5 Å². The minimum Gasteiger partial charge on any atom is -0.508 e. The zero-order valence-electron chi connectivity index (χ0n) is 37.3. The number of piperazine rings is 1. The van der Waals surface area contributed by atoms with Gasteiger partial charge < -0.3 is 34.6 Å². The summed E-state index contributed by atoms with van der Waals surface area (Å²) in [5.74, 6) is -1.62. The Morgan fingerprint density at radius 1 is 0.924 bits per heavy atom. The first-order chi connectivity index (χ1) is 31.6. The lowest BCUT2D eigenvalue weighted by Crippen LogP contribution is -2.52. The van der Waals surface area contributed by atoms with Gasteiger partial charge in [-0.25, -0.2) is 4.79 Å². The Kier molecular flexibility index (Phi) is 12.6. The number of aryl methyl sites for hydroxylation is 2. The van der Waals surface area contributed by atoms with Gasteiger partial charge in [0.05, 0.1) is 11.1 Å². The number of nitrogens with one attached hydrogen (secondary N) is 3. The van der Waals surface area contributed by atoms with Crippen molar-refractivity contribution < 1.29 is 48.2 Å². The lowest BCUT2D eigenvalue weighted by atomic mass is 9.94. The maximum Gasteiger partial charge on any atom is 0.417 e. The van der Waals surface area contributed by atoms with Crippen LogP contribution in [0.5, 0.6) is 17.2 Å². The van der Waals surface area contributed by atoms with Crippen LogP contribution in [0, 0.1) is 13.8 Å². The van der Waals surface area contributed by atoms with Gasteiger partial charge >= 0.3 is 6.09 Å². The Hall–Kier alpha value is -7.53. The molecular weight excluding hydrogens is 847 g/mol. The molecule has 6 amide bonds. The number of benzene rings is 4. The predicted molar refractivity (Wildman–Crippen MR) is 242 cm³/mol. The number of fused-ring (bicyclic) bond motifs is 1. The van der Waals surface area contributed by atoms with Crippen LogP contribution in [0.2, 0.25) is 0 Å². The molecule has 2 fully saturated rings. The summed E-state index contributed by atoms with van der Waals surface area (Å²) in [6.07, 6.45) is -0.438. The van der Waals surface area contributed by atoms with E-state index in [1.54, 1.807) is 62.1 Å². The van der Waals surface area contributed by atoms with E-state index in [1.165, 1.54) is 11.0 Å². The standard InChI is InChI=1S/C49H51N7O10/c1-6-50-46(61)42-41(44(66-53-42)34-22-33(26(2)3)38(57)23-39(34)58)30-12-10-29(11-13-30)24-54-16-18-55(19-17-54)47(62)31-20-27(4)43(28(5)21-31)65-49(64)51-36-9-7-8-32-35(36)25-56(48(32)63)37-14-15-40(59)52-45(37)60/h7-13,20-23,26,37,57-58H,6,14-19,24-25H2,1-5H3,(H,50,61)(H,51,64)(H,52,59,60). The summed E-state index contributed by atoms with van der Waals surface area (Å²) in [6.45, 7) is 12.5. The van der Waals surface area contributed by atoms with Gasteiger partial charge in [-0.2, -0.15) is 0 Å². The number of aromatic hydroxyl groups is 2. The van der Waals surface area contributed by atoms with Crippen LogP contribution < -0.4 is 20.7 Å². The molecule has 0 aliphatic carbocycles. The molecule has 1 unspecified atom stereocenters. The fourth-order valence-corrected chi connectivity index (χ4v) is 8.87. The summed E-state index contributed by atoms with van der Waals surface area (Å²) in [4.78, 5) is 83.1. The molecule has 1 atom stereocenters. The maximum atomic E-state index is 13.8. The number of carbonyl (C=O) groups is 6. The van der Waals surface area contributed by atoms with E-state index in [2.05, 4.69) is 26.0 Å². The number of piperidine rings is 1. The van der Waals surface area contributed by atoms with E-state index in [-0.39, 0.29) is 66.0 Å². The number of aromatic nitrogens is 1. The number of hydrogen-bond donors (Lipinski definition) is 5. The van der Waals surface area contributed by atoms with Crippen molar-refractivity contribution in [2.45, 2.75) is 72.5 Å². The van der Waals surface area contributed by atoms with Crippen LogP contribution in [0.1, 0.15) is 98.6 Å². The Morgan fingerprint density at radius 2 is 1.64 bits per heavy atom. The molecule has 2 saturated heterocycles. The minimum atomic E-state index is -0.794. The minimum absolute atomic E-state index is 0.0430. The van der Waals surface area contributed by atoms with E-state index in [0.717, 1.165) is 5.56 Å². The molecule has 3 aliphatic rings. The van der Waals surface area contributed by atoms with Crippen LogP contribution in [-0.4, -0.2) is 104 Å². The second-order valence-corrected chi connectivity index (χ2v) is 17.1. The zero-order valence-corrected chi connectivity index (χ0v) is 37.3. The van der Waals surface area contributed by atoms with Crippen LogP contribution in [-0.2, 0) is 22.7 Å². The molecule has 17 heteroatoms. The van der Waals surface area contributed by atoms with Gasteiger partial charge in [-0.05, 0) is 91.3 Å². The molecule has 0 bridgehead atoms. The van der Waals surface area contributed by atoms with Crippen molar-refractivity contribution in [2.24, 2.45) is 0 Å². The molecule has 4 aromatic carbocycles. The number of phenols is 2. The second kappa shape index (κ2) is 18.5. The molecule has 3 aliphatic heterocycles. The van der Waals surface area contributed by atoms with Crippen molar-refractivity contribution in [3.8, 4) is 39.7 Å². The molecule has 17 nitrogen and oxygen atoms in total. The average molecular weight is 898 g/mol. The largest absolute Gasteiger partial charge is 0.508 e. The van der Waals surface area contributed by atoms with Gasteiger partial charge in [0.2, 0.25) is 11.8 Å². The molecule has 8 rings (SSSR count). The number of anilines is 1. The molecule has 342 valence electrons. The molecule has 5 aromatic rings. The number of carbonyl (C=O) groups excluding carboxylic acids is 6. The van der Waals surface area contributed by atoms with Crippen molar-refractivity contribution in [1.29, 1.82) is 0 Å². The normalized spacial score (nSPS) is 16.3. The zero-order chi connectivity index (χ0) is 47.0. The van der Waals surface area contributed by atoms with Gasteiger partial charge in [-0.1, -0.05) is 49.3 Å². The van der Waals surface area contributed by atoms with E-state index in [4.69, 9.17) is 9.26 Å². The van der Waals surface area contributed by atoms with Crippen LogP contribution in [0.3, 0.4) is 0 Å². The van der Waals surface area contributed by atoms with Gasteiger partial charge in [0.1, 0.15) is 23.3 Å². The lowest BCUT2D eigenvalue weighted by molar-refractivity contribution is -0.136. The molecule has 1 aromatic heterocycles. The molecule has 0 radical (unpaired) electrons. The lowest BCUT2D eigenvalue weighted by Gasteiger charge is -2.35. The fraction of sp³-hybridized carbons (Fsp3) is 0.327. The number of amides is 6. The first kappa shape index (κ1) is 45.1.